The fraction of sp³-hybridized carbons (Fsp3) is 0.943. The third-order valence-electron chi connectivity index (χ3n) is 12.3. The van der Waals surface area contributed by atoms with Crippen LogP contribution in [0.5, 0.6) is 0 Å². The second kappa shape index (κ2) is 51.2. The molecule has 0 saturated carbocycles. The lowest BCUT2D eigenvalue weighted by molar-refractivity contribution is -0.153. The highest BCUT2D eigenvalue weighted by atomic mass is 16.5. The molecule has 0 aromatic heterocycles. The van der Waals surface area contributed by atoms with Gasteiger partial charge in [-0.1, -0.05) is 200 Å². The standard InChI is InChI=1S/C53H104N2O8/c1-5-7-9-11-13-15-17-19-21-23-25-27-29-31-33-35-37-50(36-34-32-30-28-26-24-22-20-18-16-14-12-10-8-6-2)63-52(57)48-49(53(58)55-41-43-62-47-45-60-4)38-39-51(56)54-40-42-61-46-44-59-3/h49-50H,5-48H2,1-4H3,(H,54,56)(H,55,58)/t49-,50?/m0/s1. The summed E-state index contributed by atoms with van der Waals surface area (Å²) in [5.41, 5.74) is 0. The summed E-state index contributed by atoms with van der Waals surface area (Å²) in [6.45, 7) is 7.87. The zero-order valence-corrected chi connectivity index (χ0v) is 42.0. The van der Waals surface area contributed by atoms with Crippen molar-refractivity contribution in [2.24, 2.45) is 5.92 Å². The molecule has 0 fully saturated rings. The molecule has 1 unspecified atom stereocenters. The summed E-state index contributed by atoms with van der Waals surface area (Å²) in [5, 5.41) is 5.76. The molecule has 0 heterocycles. The fourth-order valence-corrected chi connectivity index (χ4v) is 8.22. The van der Waals surface area contributed by atoms with E-state index in [2.05, 4.69) is 24.5 Å². The van der Waals surface area contributed by atoms with E-state index >= 15 is 0 Å². The molecule has 0 aliphatic carbocycles. The van der Waals surface area contributed by atoms with Crippen LogP contribution in [0.1, 0.15) is 245 Å². The molecule has 0 saturated heterocycles. The van der Waals surface area contributed by atoms with Crippen molar-refractivity contribution in [2.75, 3.05) is 67.0 Å². The van der Waals surface area contributed by atoms with Gasteiger partial charge in [0.15, 0.2) is 0 Å². The molecule has 0 aliphatic heterocycles. The van der Waals surface area contributed by atoms with Gasteiger partial charge in [-0.05, 0) is 32.1 Å². The fourth-order valence-electron chi connectivity index (χ4n) is 8.22. The van der Waals surface area contributed by atoms with Crippen LogP contribution >= 0.6 is 0 Å². The van der Waals surface area contributed by atoms with E-state index in [0.29, 0.717) is 52.7 Å². The highest BCUT2D eigenvalue weighted by molar-refractivity contribution is 5.84. The number of nitrogens with one attached hydrogen (secondary N) is 2. The van der Waals surface area contributed by atoms with Crippen molar-refractivity contribution < 1.29 is 38.1 Å². The second-order valence-corrected chi connectivity index (χ2v) is 18.2. The normalized spacial score (nSPS) is 12.4. The average molecular weight is 897 g/mol. The second-order valence-electron chi connectivity index (χ2n) is 18.2. The quantitative estimate of drug-likeness (QED) is 0.0457. The Morgan fingerprint density at radius 2 is 0.762 bits per heavy atom. The zero-order chi connectivity index (χ0) is 45.9. The molecule has 0 spiro atoms. The summed E-state index contributed by atoms with van der Waals surface area (Å²) in [4.78, 5) is 39.5. The lowest BCUT2D eigenvalue weighted by Gasteiger charge is -2.21. The predicted octanol–water partition coefficient (Wildman–Crippen LogP) is 13.2. The Hall–Kier alpha value is -1.75. The largest absolute Gasteiger partial charge is 0.462 e. The molecule has 10 heteroatoms. The Morgan fingerprint density at radius 3 is 1.13 bits per heavy atom. The van der Waals surface area contributed by atoms with Crippen molar-refractivity contribution >= 4 is 17.8 Å². The van der Waals surface area contributed by atoms with E-state index in [1.54, 1.807) is 14.2 Å². The Balaban J connectivity index is 4.91. The van der Waals surface area contributed by atoms with Crippen LogP contribution in [-0.2, 0) is 38.1 Å². The third kappa shape index (κ3) is 46.6. The number of carbonyl (C=O) groups excluding carboxylic acids is 3. The van der Waals surface area contributed by atoms with Gasteiger partial charge in [-0.15, -0.1) is 0 Å². The Bertz CT molecular complexity index is 969. The van der Waals surface area contributed by atoms with Crippen LogP contribution in [0.3, 0.4) is 0 Å². The van der Waals surface area contributed by atoms with E-state index in [0.717, 1.165) is 38.5 Å². The summed E-state index contributed by atoms with van der Waals surface area (Å²) in [6, 6.07) is 0. The van der Waals surface area contributed by atoms with Gasteiger partial charge in [0.05, 0.1) is 46.1 Å². The summed E-state index contributed by atoms with van der Waals surface area (Å²) >= 11 is 0. The van der Waals surface area contributed by atoms with E-state index in [1.807, 2.05) is 0 Å². The molecule has 0 aliphatic rings. The maximum atomic E-state index is 13.5. The first-order valence-corrected chi connectivity index (χ1v) is 26.9. The number of rotatable bonds is 52. The number of esters is 1. The van der Waals surface area contributed by atoms with Crippen molar-refractivity contribution in [1.82, 2.24) is 10.6 Å². The van der Waals surface area contributed by atoms with Gasteiger partial charge in [-0.25, -0.2) is 0 Å². The first kappa shape index (κ1) is 61.2. The summed E-state index contributed by atoms with van der Waals surface area (Å²) in [7, 11) is 3.23. The lowest BCUT2D eigenvalue weighted by atomic mass is 9.97. The number of ether oxygens (including phenoxy) is 5. The number of methoxy groups -OCH3 is 2. The number of carbonyl (C=O) groups is 3. The molecule has 374 valence electrons. The number of amides is 2. The van der Waals surface area contributed by atoms with Crippen LogP contribution in [0.2, 0.25) is 0 Å². The van der Waals surface area contributed by atoms with Crippen molar-refractivity contribution in [3.8, 4) is 0 Å². The van der Waals surface area contributed by atoms with Crippen LogP contribution in [0.25, 0.3) is 0 Å². The van der Waals surface area contributed by atoms with Gasteiger partial charge in [0.1, 0.15) is 6.10 Å². The van der Waals surface area contributed by atoms with Crippen LogP contribution in [-0.4, -0.2) is 90.8 Å². The molecule has 10 nitrogen and oxygen atoms in total. The minimum Gasteiger partial charge on any atom is -0.462 e. The zero-order valence-electron chi connectivity index (χ0n) is 42.0. The minimum atomic E-state index is -0.665. The molecule has 0 aromatic carbocycles. The van der Waals surface area contributed by atoms with Gasteiger partial charge in [0.25, 0.3) is 0 Å². The first-order chi connectivity index (χ1) is 31.0. The van der Waals surface area contributed by atoms with E-state index < -0.39 is 5.92 Å². The predicted molar refractivity (Wildman–Crippen MR) is 262 cm³/mol. The summed E-state index contributed by atoms with van der Waals surface area (Å²) < 4.78 is 27.1. The van der Waals surface area contributed by atoms with Gasteiger partial charge >= 0.3 is 5.97 Å². The number of hydrogen-bond donors (Lipinski definition) is 2. The van der Waals surface area contributed by atoms with Gasteiger partial charge < -0.3 is 34.3 Å². The average Bonchev–Trinajstić information content (AvgIpc) is 3.28. The molecular formula is C53H104N2O8. The molecule has 2 N–H and O–H groups in total. The van der Waals surface area contributed by atoms with Crippen LogP contribution in [0, 0.1) is 5.92 Å². The Morgan fingerprint density at radius 1 is 0.413 bits per heavy atom. The van der Waals surface area contributed by atoms with Gasteiger partial charge in [0.2, 0.25) is 11.8 Å². The molecule has 0 aromatic rings. The first-order valence-electron chi connectivity index (χ1n) is 26.9. The summed E-state index contributed by atoms with van der Waals surface area (Å²) in [6.07, 6.45) is 43.1. The van der Waals surface area contributed by atoms with E-state index in [9.17, 15) is 14.4 Å². The minimum absolute atomic E-state index is 0.0436. The van der Waals surface area contributed by atoms with Crippen molar-refractivity contribution in [1.29, 1.82) is 0 Å². The molecule has 2 atom stereocenters. The van der Waals surface area contributed by atoms with Crippen LogP contribution in [0.4, 0.5) is 0 Å². The highest BCUT2D eigenvalue weighted by Gasteiger charge is 2.25. The van der Waals surface area contributed by atoms with Crippen molar-refractivity contribution in [2.45, 2.75) is 251 Å². The molecule has 0 rings (SSSR count). The van der Waals surface area contributed by atoms with E-state index in [4.69, 9.17) is 23.7 Å². The summed E-state index contributed by atoms with van der Waals surface area (Å²) in [5.74, 6) is -1.44. The smallest absolute Gasteiger partial charge is 0.306 e. The lowest BCUT2D eigenvalue weighted by Crippen LogP contribution is -2.36. The maximum Gasteiger partial charge on any atom is 0.306 e. The van der Waals surface area contributed by atoms with Crippen molar-refractivity contribution in [3.05, 3.63) is 0 Å². The molecule has 63 heavy (non-hydrogen) atoms. The number of hydrogen-bond acceptors (Lipinski definition) is 8. The molecule has 0 bridgehead atoms. The third-order valence-corrected chi connectivity index (χ3v) is 12.3. The highest BCUT2D eigenvalue weighted by Crippen LogP contribution is 2.21. The van der Waals surface area contributed by atoms with Crippen LogP contribution in [0.15, 0.2) is 0 Å². The Kier molecular flexibility index (Phi) is 49.8. The molecule has 0 radical (unpaired) electrons. The van der Waals surface area contributed by atoms with Crippen molar-refractivity contribution in [3.63, 3.8) is 0 Å². The van der Waals surface area contributed by atoms with Gasteiger partial charge in [-0.3, -0.25) is 14.4 Å². The Labute approximate surface area is 389 Å². The van der Waals surface area contributed by atoms with E-state index in [1.165, 1.54) is 173 Å². The van der Waals surface area contributed by atoms with Gasteiger partial charge in [-0.2, -0.15) is 0 Å². The van der Waals surface area contributed by atoms with Crippen LogP contribution < -0.4 is 10.6 Å². The SMILES string of the molecule is CCCCCCCCCCCCCCCCCCC(CCCCCCCCCCCCCCCCC)OC(=O)C[C@H](CCC(=O)NCCOCCOC)C(=O)NCCOCCOC. The molecule has 2 amide bonds. The topological polar surface area (TPSA) is 121 Å². The van der Waals surface area contributed by atoms with Gasteiger partial charge in [0, 0.05) is 39.6 Å². The monoisotopic (exact) mass is 897 g/mol. The molecular weight excluding hydrogens is 793 g/mol. The number of unbranched alkanes of at least 4 members (excludes halogenated alkanes) is 29. The van der Waals surface area contributed by atoms with E-state index in [-0.39, 0.29) is 43.2 Å². The maximum absolute atomic E-state index is 13.5.